The fourth-order valence-corrected chi connectivity index (χ4v) is 6.05. The first-order chi connectivity index (χ1) is 16.8. The van der Waals surface area contributed by atoms with Crippen molar-refractivity contribution in [3.05, 3.63) is 57.0 Å². The van der Waals surface area contributed by atoms with Crippen molar-refractivity contribution in [1.29, 1.82) is 0 Å². The van der Waals surface area contributed by atoms with Gasteiger partial charge in [-0.15, -0.1) is 0 Å². The zero-order chi connectivity index (χ0) is 24.6. The van der Waals surface area contributed by atoms with Gasteiger partial charge in [-0.3, -0.25) is 14.5 Å². The van der Waals surface area contributed by atoms with E-state index in [1.807, 2.05) is 24.3 Å². The topological polar surface area (TPSA) is 96.5 Å². The molecule has 0 unspecified atom stereocenters. The molecule has 1 fully saturated rings. The number of Topliss-reactive ketones (excluding diaryl/α,β-unsaturated/α-hetero) is 1. The number of aromatic amines is 1. The molecular weight excluding hydrogens is 464 g/mol. The third-order valence-electron chi connectivity index (χ3n) is 6.90. The number of H-pyrrole nitrogens is 1. The molecule has 8 nitrogen and oxygen atoms in total. The molecule has 1 aromatic carbocycles. The Balaban J connectivity index is 1.49. The quantitative estimate of drug-likeness (QED) is 0.464. The summed E-state index contributed by atoms with van der Waals surface area (Å²) in [6, 6.07) is 7.60. The van der Waals surface area contributed by atoms with Gasteiger partial charge in [-0.2, -0.15) is 0 Å². The number of hydrogen-bond acceptors (Lipinski definition) is 8. The van der Waals surface area contributed by atoms with Crippen molar-refractivity contribution in [2.24, 2.45) is 5.41 Å². The summed E-state index contributed by atoms with van der Waals surface area (Å²) in [5.41, 5.74) is 2.58. The first-order valence-corrected chi connectivity index (χ1v) is 13.1. The van der Waals surface area contributed by atoms with Crippen LogP contribution in [-0.4, -0.2) is 66.4 Å². The van der Waals surface area contributed by atoms with Crippen molar-refractivity contribution >= 4 is 23.4 Å². The smallest absolute Gasteiger partial charge is 0.257 e. The van der Waals surface area contributed by atoms with Gasteiger partial charge in [0.1, 0.15) is 11.6 Å². The SMILES string of the molecule is COc1ccc([C@@H]2C3=C(CC(C)(C)CC3=O)Nc3nc(SCCN4CCOCC4)[nH]c(=O)c32)cc1. The van der Waals surface area contributed by atoms with Crippen LogP contribution in [0.1, 0.15) is 43.7 Å². The summed E-state index contributed by atoms with van der Waals surface area (Å²) < 4.78 is 10.7. The van der Waals surface area contributed by atoms with E-state index in [1.165, 1.54) is 0 Å². The summed E-state index contributed by atoms with van der Waals surface area (Å²) in [5, 5.41) is 3.98. The minimum Gasteiger partial charge on any atom is -0.497 e. The molecule has 1 aliphatic carbocycles. The maximum atomic E-state index is 13.4. The van der Waals surface area contributed by atoms with Crippen LogP contribution in [0.5, 0.6) is 5.75 Å². The molecule has 0 bridgehead atoms. The highest BCUT2D eigenvalue weighted by Crippen LogP contribution is 2.47. The molecule has 2 aliphatic heterocycles. The van der Waals surface area contributed by atoms with Crippen LogP contribution in [0.2, 0.25) is 0 Å². The Hall–Kier alpha value is -2.62. The minimum absolute atomic E-state index is 0.0820. The number of morpholine rings is 1. The maximum Gasteiger partial charge on any atom is 0.257 e. The average molecular weight is 497 g/mol. The summed E-state index contributed by atoms with van der Waals surface area (Å²) >= 11 is 1.54. The van der Waals surface area contributed by atoms with E-state index in [4.69, 9.17) is 14.5 Å². The summed E-state index contributed by atoms with van der Waals surface area (Å²) in [6.45, 7) is 8.51. The number of hydrogen-bond donors (Lipinski definition) is 2. The van der Waals surface area contributed by atoms with E-state index >= 15 is 0 Å². The van der Waals surface area contributed by atoms with Crippen molar-refractivity contribution in [2.45, 2.75) is 37.8 Å². The predicted molar refractivity (Wildman–Crippen MR) is 136 cm³/mol. The van der Waals surface area contributed by atoms with Crippen LogP contribution in [0.25, 0.3) is 0 Å². The Morgan fingerprint density at radius 1 is 1.17 bits per heavy atom. The first-order valence-electron chi connectivity index (χ1n) is 12.1. The highest BCUT2D eigenvalue weighted by molar-refractivity contribution is 7.99. The molecule has 5 rings (SSSR count). The number of ketones is 1. The second kappa shape index (κ2) is 9.79. The Labute approximate surface area is 209 Å². The second-order valence-corrected chi connectivity index (χ2v) is 11.2. The van der Waals surface area contributed by atoms with Crippen LogP contribution < -0.4 is 15.6 Å². The molecule has 1 aromatic heterocycles. The molecular formula is C26H32N4O4S. The van der Waals surface area contributed by atoms with Gasteiger partial charge in [0.15, 0.2) is 10.9 Å². The van der Waals surface area contributed by atoms with Crippen molar-refractivity contribution in [3.8, 4) is 5.75 Å². The van der Waals surface area contributed by atoms with Gasteiger partial charge in [-0.1, -0.05) is 37.7 Å². The maximum absolute atomic E-state index is 13.4. The average Bonchev–Trinajstić information content (AvgIpc) is 2.83. The van der Waals surface area contributed by atoms with Crippen LogP contribution in [0.3, 0.4) is 0 Å². The molecule has 186 valence electrons. The van der Waals surface area contributed by atoms with Gasteiger partial charge in [0.25, 0.3) is 5.56 Å². The van der Waals surface area contributed by atoms with Gasteiger partial charge in [0.2, 0.25) is 0 Å². The van der Waals surface area contributed by atoms with E-state index in [1.54, 1.807) is 18.9 Å². The molecule has 3 aliphatic rings. The minimum atomic E-state index is -0.459. The Morgan fingerprint density at radius 3 is 2.63 bits per heavy atom. The number of allylic oxidation sites excluding steroid dienone is 2. The molecule has 0 saturated carbocycles. The van der Waals surface area contributed by atoms with E-state index in [9.17, 15) is 9.59 Å². The zero-order valence-electron chi connectivity index (χ0n) is 20.5. The number of thioether (sulfide) groups is 1. The monoisotopic (exact) mass is 496 g/mol. The predicted octanol–water partition coefficient (Wildman–Crippen LogP) is 3.40. The van der Waals surface area contributed by atoms with Crippen LogP contribution in [-0.2, 0) is 9.53 Å². The van der Waals surface area contributed by atoms with Crippen molar-refractivity contribution < 1.29 is 14.3 Å². The number of fused-ring (bicyclic) bond motifs is 1. The highest BCUT2D eigenvalue weighted by atomic mass is 32.2. The number of ether oxygens (including phenoxy) is 2. The van der Waals surface area contributed by atoms with Gasteiger partial charge in [0.05, 0.1) is 25.9 Å². The lowest BCUT2D eigenvalue weighted by molar-refractivity contribution is -0.118. The molecule has 2 aromatic rings. The molecule has 0 amide bonds. The zero-order valence-corrected chi connectivity index (χ0v) is 21.3. The lowest BCUT2D eigenvalue weighted by Gasteiger charge is -2.38. The fourth-order valence-electron chi connectivity index (χ4n) is 5.19. The Bertz CT molecular complexity index is 1200. The number of rotatable bonds is 6. The number of nitrogens with zero attached hydrogens (tertiary/aromatic N) is 2. The lowest BCUT2D eigenvalue weighted by atomic mass is 9.69. The van der Waals surface area contributed by atoms with Crippen molar-refractivity contribution in [3.63, 3.8) is 0 Å². The largest absolute Gasteiger partial charge is 0.497 e. The summed E-state index contributed by atoms with van der Waals surface area (Å²) in [4.78, 5) is 36.9. The number of aromatic nitrogens is 2. The van der Waals surface area contributed by atoms with Gasteiger partial charge in [-0.05, 0) is 29.5 Å². The van der Waals surface area contributed by atoms with E-state index < -0.39 is 5.92 Å². The molecule has 1 saturated heterocycles. The van der Waals surface area contributed by atoms with Gasteiger partial charge in [-0.25, -0.2) is 4.98 Å². The molecule has 3 heterocycles. The van der Waals surface area contributed by atoms with Gasteiger partial charge >= 0.3 is 0 Å². The van der Waals surface area contributed by atoms with Crippen LogP contribution >= 0.6 is 11.8 Å². The fraction of sp³-hybridized carbons (Fsp3) is 0.500. The highest BCUT2D eigenvalue weighted by Gasteiger charge is 2.42. The molecule has 2 N–H and O–H groups in total. The lowest BCUT2D eigenvalue weighted by Crippen LogP contribution is -2.37. The molecule has 0 spiro atoms. The number of carbonyl (C=O) groups is 1. The third kappa shape index (κ3) is 5.03. The Kier molecular flexibility index (Phi) is 6.74. The normalized spacial score (nSPS) is 21.8. The van der Waals surface area contributed by atoms with Crippen LogP contribution in [0.15, 0.2) is 45.5 Å². The van der Waals surface area contributed by atoms with E-state index in [0.717, 1.165) is 62.0 Å². The number of benzene rings is 1. The van der Waals surface area contributed by atoms with Gasteiger partial charge < -0.3 is 19.8 Å². The number of methoxy groups -OCH3 is 1. The first kappa shape index (κ1) is 24.1. The summed E-state index contributed by atoms with van der Waals surface area (Å²) in [6.07, 6.45) is 1.18. The molecule has 9 heteroatoms. The second-order valence-electron chi connectivity index (χ2n) is 10.1. The van der Waals surface area contributed by atoms with Crippen molar-refractivity contribution in [1.82, 2.24) is 14.9 Å². The standard InChI is InChI=1S/C26H32N4O4S/c1-26(2)14-18-21(19(31)15-26)20(16-4-6-17(33-3)7-5-16)22-23(27-18)28-25(29-24(22)32)35-13-10-30-8-11-34-12-9-30/h4-7,20H,8-15H2,1-3H3,(H2,27,28,29,32)/t20-/m1/s1. The Morgan fingerprint density at radius 2 is 1.91 bits per heavy atom. The van der Waals surface area contributed by atoms with Gasteiger partial charge in [0, 0.05) is 49.0 Å². The molecule has 35 heavy (non-hydrogen) atoms. The van der Waals surface area contributed by atoms with E-state index in [-0.39, 0.29) is 16.8 Å². The number of anilines is 1. The van der Waals surface area contributed by atoms with Crippen LogP contribution in [0, 0.1) is 5.41 Å². The summed E-state index contributed by atoms with van der Waals surface area (Å²) in [5.74, 6) is 1.72. The van der Waals surface area contributed by atoms with E-state index in [2.05, 4.69) is 29.0 Å². The number of carbonyl (C=O) groups excluding carboxylic acids is 1. The van der Waals surface area contributed by atoms with Crippen LogP contribution in [0.4, 0.5) is 5.82 Å². The molecule has 0 radical (unpaired) electrons. The summed E-state index contributed by atoms with van der Waals surface area (Å²) in [7, 11) is 1.62. The molecule has 1 atom stereocenters. The number of nitrogens with one attached hydrogen (secondary N) is 2. The third-order valence-corrected chi connectivity index (χ3v) is 7.75. The van der Waals surface area contributed by atoms with Crippen molar-refractivity contribution in [2.75, 3.05) is 51.0 Å². The van der Waals surface area contributed by atoms with E-state index in [0.29, 0.717) is 28.5 Å².